The molecule has 2 N–H and O–H groups in total. The number of ether oxygens (including phenoxy) is 1. The summed E-state index contributed by atoms with van der Waals surface area (Å²) in [4.78, 5) is 30.8. The Morgan fingerprint density at radius 1 is 1.14 bits per heavy atom. The second-order valence-electron chi connectivity index (χ2n) is 7.66. The summed E-state index contributed by atoms with van der Waals surface area (Å²) >= 11 is 1.55. The van der Waals surface area contributed by atoms with Crippen molar-refractivity contribution in [1.82, 2.24) is 20.1 Å². The predicted octanol–water partition coefficient (Wildman–Crippen LogP) is 1.83. The number of hydrogen-bond donors (Lipinski definition) is 2. The van der Waals surface area contributed by atoms with Gasteiger partial charge in [0.05, 0.1) is 30.6 Å². The van der Waals surface area contributed by atoms with Crippen LogP contribution in [0.2, 0.25) is 0 Å². The summed E-state index contributed by atoms with van der Waals surface area (Å²) in [7, 11) is 0. The standard InChI is InChI=1S/C19H23N5O3S/c25-17-8-11-4-3-6-12(11)23-24(17)15-10-27-9-14(15)20-18(26)22-19-21-13-5-1-2-7-16(13)28-19/h8,14-15H,1-7,9-10H2,(H2,20,21,22,26). The van der Waals surface area contributed by atoms with Gasteiger partial charge in [-0.25, -0.2) is 14.5 Å². The van der Waals surface area contributed by atoms with Gasteiger partial charge in [-0.3, -0.25) is 10.1 Å². The predicted molar refractivity (Wildman–Crippen MR) is 105 cm³/mol. The van der Waals surface area contributed by atoms with Crippen LogP contribution in [-0.4, -0.2) is 40.1 Å². The van der Waals surface area contributed by atoms with Crippen molar-refractivity contribution in [3.8, 4) is 0 Å². The van der Waals surface area contributed by atoms with Gasteiger partial charge in [0.2, 0.25) is 0 Å². The molecule has 0 radical (unpaired) electrons. The molecule has 1 fully saturated rings. The number of thiazole rings is 1. The van der Waals surface area contributed by atoms with Crippen molar-refractivity contribution in [2.45, 2.75) is 57.0 Å². The third kappa shape index (κ3) is 3.33. The number of hydrogen-bond acceptors (Lipinski definition) is 6. The van der Waals surface area contributed by atoms with Gasteiger partial charge in [-0.2, -0.15) is 5.10 Å². The number of aromatic nitrogens is 3. The first-order valence-electron chi connectivity index (χ1n) is 9.93. The molecule has 28 heavy (non-hydrogen) atoms. The van der Waals surface area contributed by atoms with Crippen molar-refractivity contribution in [2.75, 3.05) is 18.5 Å². The lowest BCUT2D eigenvalue weighted by Gasteiger charge is -2.20. The van der Waals surface area contributed by atoms with Crippen LogP contribution in [0.3, 0.4) is 0 Å². The molecule has 0 spiro atoms. The monoisotopic (exact) mass is 401 g/mol. The van der Waals surface area contributed by atoms with Crippen LogP contribution in [0, 0.1) is 0 Å². The van der Waals surface area contributed by atoms with E-state index in [-0.39, 0.29) is 23.7 Å². The largest absolute Gasteiger partial charge is 0.377 e. The van der Waals surface area contributed by atoms with Crippen LogP contribution in [0.15, 0.2) is 10.9 Å². The van der Waals surface area contributed by atoms with E-state index >= 15 is 0 Å². The van der Waals surface area contributed by atoms with Gasteiger partial charge < -0.3 is 10.1 Å². The highest BCUT2D eigenvalue weighted by molar-refractivity contribution is 7.15. The Kier molecular flexibility index (Phi) is 4.64. The van der Waals surface area contributed by atoms with Crippen LogP contribution in [-0.2, 0) is 30.4 Å². The highest BCUT2D eigenvalue weighted by Gasteiger charge is 2.33. The maximum absolute atomic E-state index is 12.5. The van der Waals surface area contributed by atoms with Crippen molar-refractivity contribution in [3.63, 3.8) is 0 Å². The van der Waals surface area contributed by atoms with E-state index in [1.54, 1.807) is 17.4 Å². The Bertz CT molecular complexity index is 945. The number of nitrogens with zero attached hydrogens (tertiary/aromatic N) is 3. The van der Waals surface area contributed by atoms with E-state index in [0.717, 1.165) is 55.5 Å². The lowest BCUT2D eigenvalue weighted by atomic mass is 10.0. The van der Waals surface area contributed by atoms with Crippen LogP contribution in [0.25, 0.3) is 0 Å². The molecule has 2 unspecified atom stereocenters. The summed E-state index contributed by atoms with van der Waals surface area (Å²) in [5.41, 5.74) is 3.02. The Morgan fingerprint density at radius 2 is 2.00 bits per heavy atom. The minimum Gasteiger partial charge on any atom is -0.377 e. The molecule has 0 bridgehead atoms. The average molecular weight is 401 g/mol. The molecule has 1 saturated heterocycles. The molecule has 2 aromatic heterocycles. The molecule has 2 aliphatic carbocycles. The highest BCUT2D eigenvalue weighted by atomic mass is 32.1. The molecular weight excluding hydrogens is 378 g/mol. The molecule has 9 heteroatoms. The molecule has 2 amide bonds. The van der Waals surface area contributed by atoms with E-state index in [1.807, 2.05) is 0 Å². The minimum absolute atomic E-state index is 0.129. The van der Waals surface area contributed by atoms with E-state index < -0.39 is 0 Å². The zero-order chi connectivity index (χ0) is 19.1. The highest BCUT2D eigenvalue weighted by Crippen LogP contribution is 2.29. The number of urea groups is 1. The first kappa shape index (κ1) is 17.8. The van der Waals surface area contributed by atoms with Gasteiger partial charge in [0, 0.05) is 10.9 Å². The molecule has 5 rings (SSSR count). The van der Waals surface area contributed by atoms with Crippen LogP contribution < -0.4 is 16.2 Å². The Morgan fingerprint density at radius 3 is 2.89 bits per heavy atom. The van der Waals surface area contributed by atoms with Crippen LogP contribution in [0.1, 0.15) is 47.1 Å². The summed E-state index contributed by atoms with van der Waals surface area (Å²) < 4.78 is 7.05. The summed E-state index contributed by atoms with van der Waals surface area (Å²) in [5.74, 6) is 0. The molecule has 3 aliphatic rings. The third-order valence-corrected chi connectivity index (χ3v) is 6.80. The maximum Gasteiger partial charge on any atom is 0.321 e. The molecule has 0 saturated carbocycles. The molecule has 0 aromatic carbocycles. The molecule has 8 nitrogen and oxygen atoms in total. The fourth-order valence-corrected chi connectivity index (χ4v) is 5.33. The quantitative estimate of drug-likeness (QED) is 0.818. The van der Waals surface area contributed by atoms with Crippen LogP contribution in [0.4, 0.5) is 9.93 Å². The fraction of sp³-hybridized carbons (Fsp3) is 0.579. The SMILES string of the molecule is O=C(Nc1nc2c(s1)CCCC2)NC1COCC1n1nc2c(cc1=O)CCC2. The van der Waals surface area contributed by atoms with Crippen LogP contribution in [0.5, 0.6) is 0 Å². The first-order chi connectivity index (χ1) is 13.7. The maximum atomic E-state index is 12.5. The molecule has 148 valence electrons. The van der Waals surface area contributed by atoms with Crippen LogP contribution >= 0.6 is 11.3 Å². The van der Waals surface area contributed by atoms with Gasteiger partial charge in [-0.1, -0.05) is 0 Å². The second kappa shape index (κ2) is 7.29. The molecule has 2 atom stereocenters. The van der Waals surface area contributed by atoms with Crippen molar-refractivity contribution < 1.29 is 9.53 Å². The number of carbonyl (C=O) groups is 1. The van der Waals surface area contributed by atoms with E-state index in [0.29, 0.717) is 18.3 Å². The lowest BCUT2D eigenvalue weighted by Crippen LogP contribution is -2.45. The van der Waals surface area contributed by atoms with Crippen molar-refractivity contribution in [3.05, 3.63) is 38.2 Å². The van der Waals surface area contributed by atoms with Gasteiger partial charge in [-0.15, -0.1) is 11.3 Å². The normalized spacial score (nSPS) is 23.3. The number of anilines is 1. The topological polar surface area (TPSA) is 98.1 Å². The molecule has 2 aromatic rings. The van der Waals surface area contributed by atoms with E-state index in [1.165, 1.54) is 16.0 Å². The third-order valence-electron chi connectivity index (χ3n) is 5.73. The summed E-state index contributed by atoms with van der Waals surface area (Å²) in [6, 6.07) is 0.763. The summed E-state index contributed by atoms with van der Waals surface area (Å²) in [6.45, 7) is 0.722. The molecule has 3 heterocycles. The summed E-state index contributed by atoms with van der Waals surface area (Å²) in [6.07, 6.45) is 7.23. The van der Waals surface area contributed by atoms with Gasteiger partial charge in [0.25, 0.3) is 5.56 Å². The lowest BCUT2D eigenvalue weighted by molar-refractivity contribution is 0.180. The Hall–Kier alpha value is -2.26. The number of nitrogens with one attached hydrogen (secondary N) is 2. The van der Waals surface area contributed by atoms with Crippen molar-refractivity contribution in [1.29, 1.82) is 0 Å². The summed E-state index contributed by atoms with van der Waals surface area (Å²) in [5, 5.41) is 11.0. The average Bonchev–Trinajstić information content (AvgIpc) is 3.39. The number of amides is 2. The number of carbonyl (C=O) groups excluding carboxylic acids is 1. The Labute approximate surface area is 166 Å². The Balaban J connectivity index is 1.29. The zero-order valence-corrected chi connectivity index (χ0v) is 16.4. The fourth-order valence-electron chi connectivity index (χ4n) is 4.28. The van der Waals surface area contributed by atoms with Gasteiger partial charge >= 0.3 is 6.03 Å². The van der Waals surface area contributed by atoms with E-state index in [2.05, 4.69) is 20.7 Å². The molecule has 1 aliphatic heterocycles. The second-order valence-corrected chi connectivity index (χ2v) is 8.74. The van der Waals surface area contributed by atoms with Crippen molar-refractivity contribution >= 4 is 22.5 Å². The minimum atomic E-state index is -0.319. The zero-order valence-electron chi connectivity index (χ0n) is 15.6. The number of aryl methyl sites for hydroxylation is 4. The van der Waals surface area contributed by atoms with E-state index in [9.17, 15) is 9.59 Å². The smallest absolute Gasteiger partial charge is 0.321 e. The number of fused-ring (bicyclic) bond motifs is 2. The van der Waals surface area contributed by atoms with Gasteiger partial charge in [-0.05, 0) is 50.5 Å². The van der Waals surface area contributed by atoms with Gasteiger partial charge in [0.1, 0.15) is 6.04 Å². The number of rotatable bonds is 3. The molecular formula is C19H23N5O3S. The first-order valence-corrected chi connectivity index (χ1v) is 10.7. The van der Waals surface area contributed by atoms with E-state index in [4.69, 9.17) is 4.74 Å². The van der Waals surface area contributed by atoms with Gasteiger partial charge in [0.15, 0.2) is 5.13 Å². The van der Waals surface area contributed by atoms with Crippen molar-refractivity contribution in [2.24, 2.45) is 0 Å².